The normalized spacial score (nSPS) is 5.83. The third kappa shape index (κ3) is 32.3. The standard InChI is InChI=1S/K.H3O3P.Zn.H/c;1-4(2)3;;/h;4H,(H2,1,2,3);;/q+1;;;-1. The minimum absolute atomic E-state index is 0. The van der Waals surface area contributed by atoms with Gasteiger partial charge in [0.15, 0.2) is 0 Å². The summed E-state index contributed by atoms with van der Waals surface area (Å²) in [6, 6.07) is 0. The maximum absolute atomic E-state index is 8.74. The van der Waals surface area contributed by atoms with E-state index in [1.165, 1.54) is 0 Å². The summed E-state index contributed by atoms with van der Waals surface area (Å²) in [5.74, 6) is 0. The molecule has 0 aliphatic rings. The Morgan fingerprint density at radius 2 is 1.50 bits per heavy atom. The Labute approximate surface area is 93.1 Å². The van der Waals surface area contributed by atoms with Crippen LogP contribution in [0, 0.1) is 0 Å². The summed E-state index contributed by atoms with van der Waals surface area (Å²) in [5.41, 5.74) is 0. The number of hydrogen-bond acceptors (Lipinski definition) is 1. The molecular weight excluding hydrogens is 183 g/mol. The molecule has 0 unspecified atom stereocenters. The fourth-order valence-electron chi connectivity index (χ4n) is 0. The van der Waals surface area contributed by atoms with E-state index in [0.29, 0.717) is 0 Å². The summed E-state index contributed by atoms with van der Waals surface area (Å²) in [6.45, 7) is 0. The van der Waals surface area contributed by atoms with Crippen LogP contribution in [-0.2, 0) is 24.0 Å². The van der Waals surface area contributed by atoms with Crippen LogP contribution >= 0.6 is 8.25 Å². The molecule has 0 fully saturated rings. The monoisotopic (exact) mass is 186 g/mol. The van der Waals surface area contributed by atoms with E-state index in [1.54, 1.807) is 0 Å². The third-order valence-electron chi connectivity index (χ3n) is 0. The summed E-state index contributed by atoms with van der Waals surface area (Å²) in [6.07, 6.45) is 0. The second-order valence-electron chi connectivity index (χ2n) is 0.283. The van der Waals surface area contributed by atoms with E-state index in [0.717, 1.165) is 0 Å². The van der Waals surface area contributed by atoms with E-state index in [1.807, 2.05) is 0 Å². The van der Waals surface area contributed by atoms with Gasteiger partial charge >= 0.3 is 59.6 Å². The van der Waals surface area contributed by atoms with Gasteiger partial charge in [0.2, 0.25) is 0 Å². The Morgan fingerprint density at radius 1 is 1.50 bits per heavy atom. The Kier molecular flexibility index (Phi) is 27.4. The molecule has 0 aliphatic heterocycles. The topological polar surface area (TPSA) is 57.5 Å². The molecule has 0 aliphatic carbocycles. The van der Waals surface area contributed by atoms with Gasteiger partial charge in [0.1, 0.15) is 0 Å². The van der Waals surface area contributed by atoms with Crippen LogP contribution in [0.1, 0.15) is 1.43 Å². The maximum Gasteiger partial charge on any atom is 1.00 e. The molecular formula is H4KO3PZn. The first-order chi connectivity index (χ1) is 1.73. The smallest absolute Gasteiger partial charge is 1.00 e. The van der Waals surface area contributed by atoms with Gasteiger partial charge < -0.3 is 11.2 Å². The Hall–Kier alpha value is 2.41. The summed E-state index contributed by atoms with van der Waals surface area (Å²) in [7, 11) is -3.13. The minimum Gasteiger partial charge on any atom is -1.00 e. The summed E-state index contributed by atoms with van der Waals surface area (Å²) in [5, 5.41) is 0. The zero-order chi connectivity index (χ0) is 3.58. The average molecular weight is 187 g/mol. The molecule has 0 aromatic carbocycles. The van der Waals surface area contributed by atoms with Crippen molar-refractivity contribution in [2.75, 3.05) is 0 Å². The molecule has 0 heterocycles. The molecule has 3 nitrogen and oxygen atoms in total. The van der Waals surface area contributed by atoms with E-state index < -0.39 is 8.25 Å². The zero-order valence-corrected chi connectivity index (χ0v) is 10.6. The fraction of sp³-hybridized carbons (Fsp3) is 0. The molecule has 0 bridgehead atoms. The molecule has 0 spiro atoms. The van der Waals surface area contributed by atoms with Crippen LogP contribution in [0.5, 0.6) is 0 Å². The summed E-state index contributed by atoms with van der Waals surface area (Å²) in [4.78, 5) is 14.3. The fourth-order valence-corrected chi connectivity index (χ4v) is 0. The van der Waals surface area contributed by atoms with E-state index in [2.05, 4.69) is 0 Å². The van der Waals surface area contributed by atoms with Gasteiger partial charge in [-0.25, -0.2) is 0 Å². The van der Waals surface area contributed by atoms with Gasteiger partial charge in [-0.15, -0.1) is 0 Å². The van der Waals surface area contributed by atoms with Crippen molar-refractivity contribution in [3.05, 3.63) is 0 Å². The van der Waals surface area contributed by atoms with Gasteiger partial charge in [-0.1, -0.05) is 0 Å². The van der Waals surface area contributed by atoms with Crippen LogP contribution in [0.3, 0.4) is 0 Å². The predicted octanol–water partition coefficient (Wildman–Crippen LogP) is -3.53. The van der Waals surface area contributed by atoms with Crippen molar-refractivity contribution < 1.29 is 86.6 Å². The molecule has 0 rings (SSSR count). The van der Waals surface area contributed by atoms with Crippen molar-refractivity contribution in [3.63, 3.8) is 0 Å². The van der Waals surface area contributed by atoms with Crippen LogP contribution in [0.4, 0.5) is 0 Å². The largest absolute Gasteiger partial charge is 1.00 e. The van der Waals surface area contributed by atoms with E-state index >= 15 is 0 Å². The minimum atomic E-state index is -3.13. The Morgan fingerprint density at radius 3 is 1.50 bits per heavy atom. The summed E-state index contributed by atoms with van der Waals surface area (Å²) < 4.78 is 8.74. The van der Waals surface area contributed by atoms with Crippen molar-refractivity contribution >= 4 is 8.25 Å². The van der Waals surface area contributed by atoms with Crippen molar-refractivity contribution in [2.24, 2.45) is 0 Å². The second kappa shape index (κ2) is 10.4. The first kappa shape index (κ1) is 15.8. The van der Waals surface area contributed by atoms with Crippen molar-refractivity contribution in [1.82, 2.24) is 0 Å². The number of hydrogen-bond donors (Lipinski definition) is 2. The quantitative estimate of drug-likeness (QED) is 0.305. The van der Waals surface area contributed by atoms with Gasteiger partial charge in [-0.3, -0.25) is 4.57 Å². The van der Waals surface area contributed by atoms with Crippen LogP contribution in [0.15, 0.2) is 0 Å². The summed E-state index contributed by atoms with van der Waals surface area (Å²) >= 11 is 0. The Balaban J connectivity index is -0.0000000150. The van der Waals surface area contributed by atoms with Gasteiger partial charge in [-0.05, 0) is 0 Å². The first-order valence-corrected chi connectivity index (χ1v) is 1.95. The molecule has 0 aromatic rings. The zero-order valence-electron chi connectivity index (χ0n) is 4.51. The first-order valence-electron chi connectivity index (χ1n) is 0.651. The van der Waals surface area contributed by atoms with Crippen LogP contribution in [-0.4, -0.2) is 9.79 Å². The van der Waals surface area contributed by atoms with Gasteiger partial charge in [0.25, 0.3) is 0 Å². The Bertz CT molecular complexity index is 37.9. The predicted molar refractivity (Wildman–Crippen MR) is 14.6 cm³/mol. The molecule has 2 N–H and O–H groups in total. The molecule has 0 aromatic heterocycles. The van der Waals surface area contributed by atoms with Crippen molar-refractivity contribution in [1.29, 1.82) is 0 Å². The van der Waals surface area contributed by atoms with E-state index in [4.69, 9.17) is 14.4 Å². The van der Waals surface area contributed by atoms with Crippen LogP contribution < -0.4 is 51.4 Å². The molecule has 0 amide bonds. The van der Waals surface area contributed by atoms with Crippen LogP contribution in [0.2, 0.25) is 0 Å². The van der Waals surface area contributed by atoms with Gasteiger partial charge in [0.05, 0.1) is 0 Å². The van der Waals surface area contributed by atoms with Gasteiger partial charge in [0, 0.05) is 19.5 Å². The molecule has 0 atom stereocenters. The molecule has 6 heavy (non-hydrogen) atoms. The van der Waals surface area contributed by atoms with Crippen molar-refractivity contribution in [2.45, 2.75) is 0 Å². The molecule has 30 valence electrons. The second-order valence-corrected chi connectivity index (χ2v) is 0.848. The van der Waals surface area contributed by atoms with E-state index in [-0.39, 0.29) is 72.3 Å². The number of rotatable bonds is 0. The SMILES string of the molecule is O=[PH](O)O.[H-].[K+].[Zn]. The molecule has 0 saturated carbocycles. The molecule has 0 radical (unpaired) electrons. The molecule has 6 heteroatoms. The average Bonchev–Trinajstić information content (AvgIpc) is 0.811. The van der Waals surface area contributed by atoms with Crippen molar-refractivity contribution in [3.8, 4) is 0 Å². The third-order valence-corrected chi connectivity index (χ3v) is 0. The van der Waals surface area contributed by atoms with Crippen LogP contribution in [0.25, 0.3) is 0 Å². The van der Waals surface area contributed by atoms with E-state index in [9.17, 15) is 0 Å². The molecule has 0 saturated heterocycles. The maximum atomic E-state index is 8.74. The van der Waals surface area contributed by atoms with Gasteiger partial charge in [-0.2, -0.15) is 0 Å².